The van der Waals surface area contributed by atoms with Crippen LogP contribution in [0.5, 0.6) is 0 Å². The normalized spacial score (nSPS) is 11.9. The average Bonchev–Trinajstić information content (AvgIpc) is 2.43. The number of rotatable bonds is 5. The van der Waals surface area contributed by atoms with E-state index in [-0.39, 0.29) is 6.54 Å². The fourth-order valence-electron chi connectivity index (χ4n) is 1.76. The van der Waals surface area contributed by atoms with E-state index in [1.807, 2.05) is 36.4 Å². The quantitative estimate of drug-likeness (QED) is 0.811. The van der Waals surface area contributed by atoms with Crippen molar-refractivity contribution in [1.29, 1.82) is 5.26 Å². The Labute approximate surface area is 130 Å². The maximum absolute atomic E-state index is 12.1. The van der Waals surface area contributed by atoms with Crippen LogP contribution in [0.4, 0.5) is 4.79 Å². The number of carbonyl (C=O) groups excluding carboxylic acids is 2. The molecule has 22 heavy (non-hydrogen) atoms. The molecule has 118 valence electrons. The molecule has 1 rings (SSSR count). The summed E-state index contributed by atoms with van der Waals surface area (Å²) in [7, 11) is 0. The molecule has 0 unspecified atom stereocenters. The lowest BCUT2D eigenvalue weighted by Gasteiger charge is -2.23. The molecule has 0 aliphatic heterocycles. The Morgan fingerprint density at radius 2 is 1.91 bits per heavy atom. The molecule has 0 saturated heterocycles. The Morgan fingerprint density at radius 3 is 2.45 bits per heavy atom. The summed E-state index contributed by atoms with van der Waals surface area (Å²) in [5, 5.41) is 13.5. The molecule has 0 fully saturated rings. The van der Waals surface area contributed by atoms with Crippen LogP contribution in [0.1, 0.15) is 26.3 Å². The number of benzene rings is 1. The summed E-state index contributed by atoms with van der Waals surface area (Å²) >= 11 is 0. The molecule has 0 aromatic heterocycles. The van der Waals surface area contributed by atoms with E-state index >= 15 is 0 Å². The Bertz CT molecular complexity index is 544. The van der Waals surface area contributed by atoms with Gasteiger partial charge in [0, 0.05) is 6.42 Å². The maximum atomic E-state index is 12.1. The van der Waals surface area contributed by atoms with E-state index in [4.69, 9.17) is 10.00 Å². The van der Waals surface area contributed by atoms with Gasteiger partial charge < -0.3 is 15.4 Å². The van der Waals surface area contributed by atoms with Crippen molar-refractivity contribution in [3.63, 3.8) is 0 Å². The minimum absolute atomic E-state index is 0.111. The van der Waals surface area contributed by atoms with E-state index in [0.717, 1.165) is 5.56 Å². The van der Waals surface area contributed by atoms with Gasteiger partial charge in [-0.15, -0.1) is 0 Å². The van der Waals surface area contributed by atoms with Crippen LogP contribution in [-0.2, 0) is 16.0 Å². The summed E-state index contributed by atoms with van der Waals surface area (Å²) in [6.07, 6.45) is -0.349. The van der Waals surface area contributed by atoms with Crippen molar-refractivity contribution < 1.29 is 14.3 Å². The Hall–Kier alpha value is -2.55. The molecule has 0 bridgehead atoms. The second kappa shape index (κ2) is 8.03. The van der Waals surface area contributed by atoms with Gasteiger partial charge in [-0.25, -0.2) is 4.79 Å². The average molecular weight is 303 g/mol. The lowest BCUT2D eigenvalue weighted by atomic mass is 10.1. The Kier molecular flexibility index (Phi) is 6.39. The van der Waals surface area contributed by atoms with Gasteiger partial charge in [-0.05, 0) is 26.3 Å². The van der Waals surface area contributed by atoms with Crippen LogP contribution in [0.25, 0.3) is 0 Å². The lowest BCUT2D eigenvalue weighted by molar-refractivity contribution is -0.122. The molecule has 0 aliphatic rings. The minimum atomic E-state index is -0.800. The largest absolute Gasteiger partial charge is 0.444 e. The standard InChI is InChI=1S/C16H21N3O3/c1-16(2,3)22-15(21)19-13(14(20)18-10-9-17)11-12-7-5-4-6-8-12/h4-8,13H,10-11H2,1-3H3,(H,18,20)(H,19,21)/t13-/m0/s1. The van der Waals surface area contributed by atoms with E-state index in [2.05, 4.69) is 10.6 Å². The van der Waals surface area contributed by atoms with Gasteiger partial charge >= 0.3 is 6.09 Å². The highest BCUT2D eigenvalue weighted by Gasteiger charge is 2.24. The SMILES string of the molecule is CC(C)(C)OC(=O)N[C@@H](Cc1ccccc1)C(=O)NCC#N. The highest BCUT2D eigenvalue weighted by molar-refractivity contribution is 5.86. The first kappa shape index (κ1) is 17.5. The van der Waals surface area contributed by atoms with E-state index in [9.17, 15) is 9.59 Å². The van der Waals surface area contributed by atoms with Gasteiger partial charge in [0.25, 0.3) is 0 Å². The molecular weight excluding hydrogens is 282 g/mol. The Morgan fingerprint density at radius 1 is 1.27 bits per heavy atom. The molecule has 1 aromatic rings. The highest BCUT2D eigenvalue weighted by Crippen LogP contribution is 2.08. The van der Waals surface area contributed by atoms with E-state index < -0.39 is 23.6 Å². The summed E-state index contributed by atoms with van der Waals surface area (Å²) in [4.78, 5) is 23.9. The van der Waals surface area contributed by atoms with Gasteiger partial charge in [-0.1, -0.05) is 30.3 Å². The number of amides is 2. The molecule has 0 saturated carbocycles. The number of carbonyl (C=O) groups is 2. The molecular formula is C16H21N3O3. The van der Waals surface area contributed by atoms with Crippen LogP contribution in [0.3, 0.4) is 0 Å². The first-order valence-corrected chi connectivity index (χ1v) is 7.00. The fraction of sp³-hybridized carbons (Fsp3) is 0.438. The summed E-state index contributed by atoms with van der Waals surface area (Å²) in [6, 6.07) is 10.3. The summed E-state index contributed by atoms with van der Waals surface area (Å²) in [5.41, 5.74) is 0.250. The van der Waals surface area contributed by atoms with Crippen LogP contribution in [0.2, 0.25) is 0 Å². The molecule has 0 spiro atoms. The predicted molar refractivity (Wildman–Crippen MR) is 81.9 cm³/mol. The second-order valence-corrected chi connectivity index (χ2v) is 5.76. The summed E-state index contributed by atoms with van der Waals surface area (Å²) < 4.78 is 5.17. The predicted octanol–water partition coefficient (Wildman–Crippen LogP) is 1.76. The number of alkyl carbamates (subject to hydrolysis) is 1. The van der Waals surface area contributed by atoms with E-state index in [1.54, 1.807) is 20.8 Å². The molecule has 6 heteroatoms. The third-order valence-electron chi connectivity index (χ3n) is 2.63. The number of ether oxygens (including phenoxy) is 1. The van der Waals surface area contributed by atoms with Crippen LogP contribution in [0, 0.1) is 11.3 Å². The maximum Gasteiger partial charge on any atom is 0.408 e. The number of nitrogens with one attached hydrogen (secondary N) is 2. The first-order valence-electron chi connectivity index (χ1n) is 7.00. The topological polar surface area (TPSA) is 91.2 Å². The second-order valence-electron chi connectivity index (χ2n) is 5.76. The van der Waals surface area contributed by atoms with Crippen LogP contribution >= 0.6 is 0 Å². The van der Waals surface area contributed by atoms with Crippen LogP contribution < -0.4 is 10.6 Å². The van der Waals surface area contributed by atoms with E-state index in [1.165, 1.54) is 0 Å². The van der Waals surface area contributed by atoms with Gasteiger partial charge in [0.05, 0.1) is 6.07 Å². The van der Waals surface area contributed by atoms with Gasteiger partial charge in [0.15, 0.2) is 0 Å². The van der Waals surface area contributed by atoms with Crippen LogP contribution in [-0.4, -0.2) is 30.2 Å². The third kappa shape index (κ3) is 6.75. The zero-order valence-electron chi connectivity index (χ0n) is 13.1. The monoisotopic (exact) mass is 303 g/mol. The van der Waals surface area contributed by atoms with Crippen molar-refractivity contribution >= 4 is 12.0 Å². The van der Waals surface area contributed by atoms with Crippen molar-refractivity contribution in [2.75, 3.05) is 6.54 Å². The molecule has 2 N–H and O–H groups in total. The number of nitrogens with zero attached hydrogens (tertiary/aromatic N) is 1. The molecule has 1 atom stereocenters. The van der Waals surface area contributed by atoms with Gasteiger partial charge in [-0.3, -0.25) is 4.79 Å². The van der Waals surface area contributed by atoms with Crippen molar-refractivity contribution in [2.45, 2.75) is 38.8 Å². The van der Waals surface area contributed by atoms with Crippen molar-refractivity contribution in [1.82, 2.24) is 10.6 Å². The fourth-order valence-corrected chi connectivity index (χ4v) is 1.76. The zero-order valence-corrected chi connectivity index (χ0v) is 13.1. The van der Waals surface area contributed by atoms with Crippen molar-refractivity contribution in [2.24, 2.45) is 0 Å². The van der Waals surface area contributed by atoms with Crippen molar-refractivity contribution in [3.8, 4) is 6.07 Å². The lowest BCUT2D eigenvalue weighted by Crippen LogP contribution is -2.49. The molecule has 0 heterocycles. The molecule has 1 aromatic carbocycles. The summed E-state index contributed by atoms with van der Waals surface area (Å²) in [5.74, 6) is -0.420. The molecule has 0 aliphatic carbocycles. The minimum Gasteiger partial charge on any atom is -0.444 e. The smallest absolute Gasteiger partial charge is 0.408 e. The van der Waals surface area contributed by atoms with Crippen LogP contribution in [0.15, 0.2) is 30.3 Å². The molecule has 6 nitrogen and oxygen atoms in total. The van der Waals surface area contributed by atoms with Gasteiger partial charge in [0.1, 0.15) is 18.2 Å². The third-order valence-corrected chi connectivity index (χ3v) is 2.63. The molecule has 2 amide bonds. The first-order chi connectivity index (χ1) is 10.3. The number of nitriles is 1. The molecule has 0 radical (unpaired) electrons. The van der Waals surface area contributed by atoms with E-state index in [0.29, 0.717) is 6.42 Å². The highest BCUT2D eigenvalue weighted by atomic mass is 16.6. The number of hydrogen-bond donors (Lipinski definition) is 2. The zero-order chi connectivity index (χ0) is 16.6. The summed E-state index contributed by atoms with van der Waals surface area (Å²) in [6.45, 7) is 5.12. The number of hydrogen-bond acceptors (Lipinski definition) is 4. The van der Waals surface area contributed by atoms with Crippen molar-refractivity contribution in [3.05, 3.63) is 35.9 Å². The Balaban J connectivity index is 2.76. The van der Waals surface area contributed by atoms with Gasteiger partial charge in [-0.2, -0.15) is 5.26 Å². The van der Waals surface area contributed by atoms with Gasteiger partial charge in [0.2, 0.25) is 5.91 Å².